The van der Waals surface area contributed by atoms with Crippen molar-refractivity contribution < 1.29 is 9.63 Å². The third kappa shape index (κ3) is 3.56. The second kappa shape index (κ2) is 6.19. The van der Waals surface area contributed by atoms with Crippen LogP contribution in [0.1, 0.15) is 5.56 Å². The lowest BCUT2D eigenvalue weighted by Gasteiger charge is -2.20. The van der Waals surface area contributed by atoms with Gasteiger partial charge < -0.3 is 4.84 Å². The number of amides is 2. The topological polar surface area (TPSA) is 104 Å². The Morgan fingerprint density at radius 3 is 2.95 bits per heavy atom. The van der Waals surface area contributed by atoms with Crippen molar-refractivity contribution in [3.05, 3.63) is 24.3 Å². The third-order valence-corrected chi connectivity index (χ3v) is 2.08. The maximum absolute atomic E-state index is 11.5. The summed E-state index contributed by atoms with van der Waals surface area (Å²) < 4.78 is 0. The molecule has 0 bridgehead atoms. The van der Waals surface area contributed by atoms with Gasteiger partial charge in [0.05, 0.1) is 19.0 Å². The maximum Gasteiger partial charge on any atom is 0.358 e. The van der Waals surface area contributed by atoms with Gasteiger partial charge in [-0.2, -0.15) is 10.2 Å². The van der Waals surface area contributed by atoms with Crippen molar-refractivity contribution in [1.29, 1.82) is 0 Å². The highest BCUT2D eigenvalue weighted by Crippen LogP contribution is 1.99. The van der Waals surface area contributed by atoms with Gasteiger partial charge in [0.1, 0.15) is 19.1 Å². The zero-order chi connectivity index (χ0) is 13.5. The number of nitrogens with zero attached hydrogens (tertiary/aromatic N) is 6. The minimum atomic E-state index is -0.428. The number of aromatic nitrogens is 2. The van der Waals surface area contributed by atoms with Crippen LogP contribution in [0.3, 0.4) is 0 Å². The lowest BCUT2D eigenvalue weighted by atomic mass is 10.4. The summed E-state index contributed by atoms with van der Waals surface area (Å²) in [5.74, 6) is 0. The number of hydrogen-bond acceptors (Lipinski definition) is 7. The van der Waals surface area contributed by atoms with Crippen LogP contribution >= 0.6 is 0 Å². The predicted octanol–water partition coefficient (Wildman–Crippen LogP) is -0.176. The molecule has 0 aliphatic carbocycles. The molecule has 0 aromatic carbocycles. The molecule has 98 valence electrons. The van der Waals surface area contributed by atoms with E-state index in [0.29, 0.717) is 11.3 Å². The van der Waals surface area contributed by atoms with E-state index < -0.39 is 6.03 Å². The van der Waals surface area contributed by atoms with E-state index in [-0.39, 0.29) is 6.54 Å². The van der Waals surface area contributed by atoms with E-state index in [1.54, 1.807) is 12.4 Å². The van der Waals surface area contributed by atoms with E-state index in [1.165, 1.54) is 30.9 Å². The van der Waals surface area contributed by atoms with Crippen molar-refractivity contribution in [3.8, 4) is 0 Å². The zero-order valence-electron chi connectivity index (χ0n) is 10.1. The number of oxime groups is 1. The molecule has 0 saturated heterocycles. The predicted molar refractivity (Wildman–Crippen MR) is 67.8 cm³/mol. The highest BCUT2D eigenvalue weighted by molar-refractivity contribution is 6.32. The van der Waals surface area contributed by atoms with Crippen molar-refractivity contribution in [2.45, 2.75) is 0 Å². The molecule has 1 aromatic heterocycles. The Morgan fingerprint density at radius 2 is 2.21 bits per heavy atom. The Bertz CT molecular complexity index is 526. The molecule has 9 nitrogen and oxygen atoms in total. The Morgan fingerprint density at radius 1 is 1.42 bits per heavy atom. The summed E-state index contributed by atoms with van der Waals surface area (Å²) in [7, 11) is 1.42. The quantitative estimate of drug-likeness (QED) is 0.599. The van der Waals surface area contributed by atoms with Gasteiger partial charge in [-0.05, 0) is 0 Å². The van der Waals surface area contributed by atoms with Crippen molar-refractivity contribution in [2.75, 3.05) is 13.7 Å². The lowest BCUT2D eigenvalue weighted by molar-refractivity contribution is 0.204. The fourth-order valence-electron chi connectivity index (χ4n) is 1.23. The van der Waals surface area contributed by atoms with E-state index in [0.717, 1.165) is 0 Å². The molecule has 0 fully saturated rings. The molecule has 19 heavy (non-hydrogen) atoms. The van der Waals surface area contributed by atoms with Gasteiger partial charge in [-0.15, -0.1) is 0 Å². The van der Waals surface area contributed by atoms with Crippen LogP contribution in [-0.4, -0.2) is 52.8 Å². The highest BCUT2D eigenvalue weighted by atomic mass is 16.6. The van der Waals surface area contributed by atoms with Crippen molar-refractivity contribution in [2.24, 2.45) is 15.4 Å². The molecule has 1 aliphatic rings. The Kier molecular flexibility index (Phi) is 4.11. The van der Waals surface area contributed by atoms with Crippen LogP contribution in [0.4, 0.5) is 4.79 Å². The lowest BCUT2D eigenvalue weighted by Crippen LogP contribution is -2.43. The molecule has 1 aromatic rings. The van der Waals surface area contributed by atoms with Crippen LogP contribution in [0.2, 0.25) is 0 Å². The third-order valence-electron chi connectivity index (χ3n) is 2.08. The van der Waals surface area contributed by atoms with Crippen LogP contribution < -0.4 is 5.43 Å². The van der Waals surface area contributed by atoms with E-state index in [1.807, 2.05) is 0 Å². The van der Waals surface area contributed by atoms with Gasteiger partial charge in [-0.25, -0.2) is 25.2 Å². The fraction of sp³-hybridized carbons (Fsp3) is 0.200. The molecule has 1 N–H and O–H groups in total. The first-order valence-electron chi connectivity index (χ1n) is 5.29. The molecule has 0 saturated carbocycles. The van der Waals surface area contributed by atoms with Crippen LogP contribution in [0.5, 0.6) is 0 Å². The molecule has 0 spiro atoms. The number of hydrazone groups is 2. The minimum Gasteiger partial charge on any atom is -0.399 e. The first-order valence-corrected chi connectivity index (χ1v) is 5.29. The number of carbonyl (C=O) groups excluding carboxylic acids is 1. The Labute approximate surface area is 108 Å². The zero-order valence-corrected chi connectivity index (χ0v) is 10.1. The van der Waals surface area contributed by atoms with Gasteiger partial charge >= 0.3 is 6.03 Å². The minimum absolute atomic E-state index is 0.197. The number of nitrogens with one attached hydrogen (secondary N) is 1. The summed E-state index contributed by atoms with van der Waals surface area (Å²) in [6.07, 6.45) is 7.46. The number of urea groups is 1. The van der Waals surface area contributed by atoms with E-state index in [4.69, 9.17) is 0 Å². The van der Waals surface area contributed by atoms with Crippen LogP contribution in [0, 0.1) is 0 Å². The van der Waals surface area contributed by atoms with E-state index in [2.05, 4.69) is 35.6 Å². The monoisotopic (exact) mass is 261 g/mol. The van der Waals surface area contributed by atoms with Gasteiger partial charge in [0.2, 0.25) is 0 Å². The summed E-state index contributed by atoms with van der Waals surface area (Å²) in [6, 6.07) is -0.428. The number of rotatable bonds is 4. The molecule has 2 amide bonds. The van der Waals surface area contributed by atoms with Crippen molar-refractivity contribution in [3.63, 3.8) is 0 Å². The largest absolute Gasteiger partial charge is 0.399 e. The molecule has 2 rings (SSSR count). The Balaban J connectivity index is 2.04. The van der Waals surface area contributed by atoms with Gasteiger partial charge in [0, 0.05) is 18.0 Å². The molecule has 0 radical (unpaired) electrons. The summed E-state index contributed by atoms with van der Waals surface area (Å²) in [6.45, 7) is 0.197. The summed E-state index contributed by atoms with van der Waals surface area (Å²) >= 11 is 0. The molecular formula is C10H11N7O2. The first kappa shape index (κ1) is 12.6. The van der Waals surface area contributed by atoms with E-state index >= 15 is 0 Å². The van der Waals surface area contributed by atoms with Gasteiger partial charge in [0.15, 0.2) is 0 Å². The second-order valence-corrected chi connectivity index (χ2v) is 3.41. The van der Waals surface area contributed by atoms with Gasteiger partial charge in [-0.1, -0.05) is 5.16 Å². The second-order valence-electron chi connectivity index (χ2n) is 3.41. The number of hydrogen-bond donors (Lipinski definition) is 1. The number of carbonyl (C=O) groups is 1. The molecule has 2 heterocycles. The maximum atomic E-state index is 11.5. The highest BCUT2D eigenvalue weighted by Gasteiger charge is 2.18. The van der Waals surface area contributed by atoms with Crippen LogP contribution in [-0.2, 0) is 4.84 Å². The van der Waals surface area contributed by atoms with Crippen LogP contribution in [0.15, 0.2) is 34.1 Å². The summed E-state index contributed by atoms with van der Waals surface area (Å²) in [5.41, 5.74) is 3.51. The fourth-order valence-corrected chi connectivity index (χ4v) is 1.23. The molecule has 0 unspecified atom stereocenters. The summed E-state index contributed by atoms with van der Waals surface area (Å²) in [4.78, 5) is 23.7. The summed E-state index contributed by atoms with van der Waals surface area (Å²) in [5, 5.41) is 12.6. The van der Waals surface area contributed by atoms with Gasteiger partial charge in [0.25, 0.3) is 0 Å². The normalized spacial score (nSPS) is 15.7. The standard InChI is InChI=1S/C10H11N7O2/c1-19-14-5-9-6-17(10(18)16-15-9)13-4-8-2-11-7-12-3-8/h2-5,7H,6H2,1H3,(H,16,18). The average Bonchev–Trinajstić information content (AvgIpc) is 2.46. The Hall–Kier alpha value is -2.84. The smallest absolute Gasteiger partial charge is 0.358 e. The first-order chi connectivity index (χ1) is 9.29. The van der Waals surface area contributed by atoms with Gasteiger partial charge in [-0.3, -0.25) is 0 Å². The SMILES string of the molecule is CON=CC1=NNC(=O)N(N=Cc2cncnc2)C1. The molecular weight excluding hydrogens is 250 g/mol. The van der Waals surface area contributed by atoms with Crippen molar-refractivity contribution in [1.82, 2.24) is 20.4 Å². The van der Waals surface area contributed by atoms with Crippen molar-refractivity contribution >= 4 is 24.2 Å². The molecule has 9 heteroatoms. The average molecular weight is 261 g/mol. The van der Waals surface area contributed by atoms with Crippen LogP contribution in [0.25, 0.3) is 0 Å². The molecule has 1 aliphatic heterocycles. The van der Waals surface area contributed by atoms with E-state index in [9.17, 15) is 4.79 Å². The molecule has 0 atom stereocenters.